The maximum absolute atomic E-state index is 10.5. The molecule has 0 unspecified atom stereocenters. The van der Waals surface area contributed by atoms with Crippen molar-refractivity contribution in [2.45, 2.75) is 43.9 Å². The van der Waals surface area contributed by atoms with Gasteiger partial charge in [0.15, 0.2) is 0 Å². The quantitative estimate of drug-likeness (QED) is 0.194. The molecule has 0 saturated carbocycles. The molecule has 0 spiro atoms. The largest absolute Gasteiger partial charge is 0.480 e. The number of carboxylic acid groups (broad SMARTS) is 1. The second-order valence-electron chi connectivity index (χ2n) is 5.29. The van der Waals surface area contributed by atoms with Gasteiger partial charge >= 0.3 is 5.97 Å². The molecule has 1 aromatic heterocycles. The second kappa shape index (κ2) is 10.0. The molecule has 0 amide bonds. The molecule has 1 aromatic rings. The minimum atomic E-state index is -1.00. The maximum Gasteiger partial charge on any atom is 0.320 e. The number of nitrogens with zero attached hydrogens (tertiary/aromatic N) is 3. The molecular weight excluding hydrogens is 305 g/mol. The van der Waals surface area contributed by atoms with Crippen LogP contribution in [-0.2, 0) is 11.2 Å². The minimum Gasteiger partial charge on any atom is -0.480 e. The van der Waals surface area contributed by atoms with Crippen molar-refractivity contribution in [1.82, 2.24) is 20.5 Å². The molecule has 10 nitrogen and oxygen atoms in total. The SMILES string of the molecule is Nc1nncc(C[C@H](O)[C@@H](O)[13CH2]NCCCC[C@H](N)C(=O)O)n1. The molecule has 23 heavy (non-hydrogen) atoms. The molecule has 10 heteroatoms. The van der Waals surface area contributed by atoms with Gasteiger partial charge in [0.05, 0.1) is 24.1 Å². The summed E-state index contributed by atoms with van der Waals surface area (Å²) >= 11 is 0. The number of carbonyl (C=O) groups is 1. The molecule has 0 radical (unpaired) electrons. The first kappa shape index (κ1) is 19.2. The van der Waals surface area contributed by atoms with E-state index >= 15 is 0 Å². The highest BCUT2D eigenvalue weighted by Crippen LogP contribution is 2.03. The summed E-state index contributed by atoms with van der Waals surface area (Å²) in [6, 6.07) is -0.837. The summed E-state index contributed by atoms with van der Waals surface area (Å²) < 4.78 is 0. The predicted molar refractivity (Wildman–Crippen MR) is 82.3 cm³/mol. The number of aliphatic hydroxyl groups is 2. The van der Waals surface area contributed by atoms with Crippen molar-refractivity contribution in [2.24, 2.45) is 5.73 Å². The van der Waals surface area contributed by atoms with Crippen LogP contribution in [0.2, 0.25) is 0 Å². The highest BCUT2D eigenvalue weighted by atomic mass is 16.4. The average molecular weight is 329 g/mol. The molecular formula is C13H24N6O4. The smallest absolute Gasteiger partial charge is 0.320 e. The van der Waals surface area contributed by atoms with Crippen LogP contribution in [0.5, 0.6) is 0 Å². The molecule has 0 aromatic carbocycles. The van der Waals surface area contributed by atoms with Crippen LogP contribution in [-0.4, -0.2) is 67.8 Å². The van der Waals surface area contributed by atoms with Crippen LogP contribution in [0.4, 0.5) is 5.95 Å². The van der Waals surface area contributed by atoms with Crippen LogP contribution >= 0.6 is 0 Å². The highest BCUT2D eigenvalue weighted by molar-refractivity contribution is 5.72. The summed E-state index contributed by atoms with van der Waals surface area (Å²) in [6.45, 7) is 0.804. The Morgan fingerprint density at radius 2 is 2.04 bits per heavy atom. The molecule has 0 aliphatic heterocycles. The number of nitrogens with one attached hydrogen (secondary N) is 1. The molecule has 1 heterocycles. The number of carboxylic acids is 1. The standard InChI is InChI=1S/C13H24N6O4/c14-9(12(22)23)3-1-2-4-16-7-11(21)10(20)5-8-6-17-19-13(15)18-8/h6,9-11,16,20-21H,1-5,7,14H2,(H,22,23)(H2,15,18,19)/t9-,10-,11-/m0/s1/i7+1. The van der Waals surface area contributed by atoms with Crippen LogP contribution in [0.25, 0.3) is 0 Å². The lowest BCUT2D eigenvalue weighted by Gasteiger charge is -2.18. The van der Waals surface area contributed by atoms with E-state index in [0.29, 0.717) is 25.1 Å². The van der Waals surface area contributed by atoms with E-state index in [9.17, 15) is 15.0 Å². The Labute approximate surface area is 133 Å². The van der Waals surface area contributed by atoms with Gasteiger partial charge in [0.1, 0.15) is 6.04 Å². The van der Waals surface area contributed by atoms with Crippen molar-refractivity contribution >= 4 is 11.9 Å². The lowest BCUT2D eigenvalue weighted by atomic mass is 10.1. The number of anilines is 1. The lowest BCUT2D eigenvalue weighted by molar-refractivity contribution is -0.138. The normalized spacial score (nSPS) is 15.1. The summed E-state index contributed by atoms with van der Waals surface area (Å²) in [5.74, 6) is -0.988. The zero-order valence-electron chi connectivity index (χ0n) is 12.8. The minimum absolute atomic E-state index is 0.0156. The third-order valence-electron chi connectivity index (χ3n) is 3.28. The van der Waals surface area contributed by atoms with Gasteiger partial charge in [-0.25, -0.2) is 4.98 Å². The summed E-state index contributed by atoms with van der Waals surface area (Å²) in [5, 5.41) is 38.5. The van der Waals surface area contributed by atoms with E-state index in [1.54, 1.807) is 0 Å². The number of nitrogen functional groups attached to an aromatic ring is 1. The van der Waals surface area contributed by atoms with Crippen molar-refractivity contribution in [3.63, 3.8) is 0 Å². The van der Waals surface area contributed by atoms with Gasteiger partial charge in [-0.05, 0) is 19.4 Å². The number of aromatic nitrogens is 3. The highest BCUT2D eigenvalue weighted by Gasteiger charge is 2.17. The summed E-state index contributed by atoms with van der Waals surface area (Å²) in [4.78, 5) is 14.4. The van der Waals surface area contributed by atoms with E-state index in [2.05, 4.69) is 20.5 Å². The molecule has 3 atom stereocenters. The van der Waals surface area contributed by atoms with Crippen molar-refractivity contribution in [3.05, 3.63) is 11.9 Å². The Hall–Kier alpha value is -1.88. The monoisotopic (exact) mass is 329 g/mol. The van der Waals surface area contributed by atoms with E-state index in [0.717, 1.165) is 6.42 Å². The Kier molecular flexibility index (Phi) is 8.33. The van der Waals surface area contributed by atoms with E-state index < -0.39 is 24.2 Å². The molecule has 130 valence electrons. The number of aliphatic hydroxyl groups excluding tert-OH is 2. The fraction of sp³-hybridized carbons (Fsp3) is 0.692. The van der Waals surface area contributed by atoms with Crippen LogP contribution < -0.4 is 16.8 Å². The Bertz CT molecular complexity index is 489. The van der Waals surface area contributed by atoms with Crippen molar-refractivity contribution < 1.29 is 20.1 Å². The fourth-order valence-electron chi connectivity index (χ4n) is 1.93. The van der Waals surface area contributed by atoms with E-state index in [1.807, 2.05) is 0 Å². The van der Waals surface area contributed by atoms with Gasteiger partial charge in [0.25, 0.3) is 0 Å². The zero-order chi connectivity index (χ0) is 17.2. The van der Waals surface area contributed by atoms with Crippen LogP contribution in [0.15, 0.2) is 6.20 Å². The molecule has 0 saturated heterocycles. The summed E-state index contributed by atoms with van der Waals surface area (Å²) in [5.41, 5.74) is 11.2. The number of nitrogens with two attached hydrogens (primary N) is 2. The van der Waals surface area contributed by atoms with Crippen molar-refractivity contribution in [2.75, 3.05) is 18.8 Å². The molecule has 1 rings (SSSR count). The van der Waals surface area contributed by atoms with E-state index in [1.165, 1.54) is 6.20 Å². The second-order valence-corrected chi connectivity index (χ2v) is 5.29. The summed E-state index contributed by atoms with van der Waals surface area (Å²) in [6.07, 6.45) is 1.35. The molecule has 0 aliphatic carbocycles. The Balaban J connectivity index is 2.16. The maximum atomic E-state index is 10.5. The topological polar surface area (TPSA) is 180 Å². The van der Waals surface area contributed by atoms with E-state index in [4.69, 9.17) is 16.6 Å². The van der Waals surface area contributed by atoms with Crippen molar-refractivity contribution in [3.8, 4) is 0 Å². The predicted octanol–water partition coefficient (Wildman–Crippen LogP) is -2.11. The fourth-order valence-corrected chi connectivity index (χ4v) is 1.93. The molecule has 0 bridgehead atoms. The van der Waals surface area contributed by atoms with Crippen LogP contribution in [0, 0.1) is 0 Å². The first-order chi connectivity index (χ1) is 10.9. The molecule has 8 N–H and O–H groups in total. The molecule has 0 aliphatic rings. The first-order valence-corrected chi connectivity index (χ1v) is 7.39. The Morgan fingerprint density at radius 1 is 1.30 bits per heavy atom. The first-order valence-electron chi connectivity index (χ1n) is 7.39. The lowest BCUT2D eigenvalue weighted by Crippen LogP contribution is -2.38. The van der Waals surface area contributed by atoms with Gasteiger partial charge in [0.2, 0.25) is 5.95 Å². The van der Waals surface area contributed by atoms with E-state index in [-0.39, 0.29) is 18.9 Å². The van der Waals surface area contributed by atoms with Gasteiger partial charge in [-0.1, -0.05) is 6.42 Å². The number of unbranched alkanes of at least 4 members (excludes halogenated alkanes) is 1. The van der Waals surface area contributed by atoms with Gasteiger partial charge in [-0.15, -0.1) is 5.10 Å². The number of hydrogen-bond acceptors (Lipinski definition) is 9. The van der Waals surface area contributed by atoms with Crippen LogP contribution in [0.1, 0.15) is 25.0 Å². The van der Waals surface area contributed by atoms with Crippen LogP contribution in [0.3, 0.4) is 0 Å². The number of hydrogen-bond donors (Lipinski definition) is 6. The number of aliphatic carboxylic acids is 1. The molecule has 0 fully saturated rings. The number of rotatable bonds is 11. The van der Waals surface area contributed by atoms with Gasteiger partial charge < -0.3 is 32.1 Å². The average Bonchev–Trinajstić information content (AvgIpc) is 2.50. The van der Waals surface area contributed by atoms with Gasteiger partial charge in [-0.3, -0.25) is 4.79 Å². The summed E-state index contributed by atoms with van der Waals surface area (Å²) in [7, 11) is 0. The third-order valence-corrected chi connectivity index (χ3v) is 3.28. The van der Waals surface area contributed by atoms with Gasteiger partial charge in [0, 0.05) is 13.0 Å². The third kappa shape index (κ3) is 7.79. The zero-order valence-corrected chi connectivity index (χ0v) is 12.8. The Morgan fingerprint density at radius 3 is 2.70 bits per heavy atom. The van der Waals surface area contributed by atoms with Crippen molar-refractivity contribution in [1.29, 1.82) is 0 Å². The van der Waals surface area contributed by atoms with Gasteiger partial charge in [-0.2, -0.15) is 5.10 Å².